The van der Waals surface area contributed by atoms with Gasteiger partial charge in [-0.15, -0.1) is 0 Å². The molecule has 6 aromatic rings. The summed E-state index contributed by atoms with van der Waals surface area (Å²) in [5.41, 5.74) is 25.2. The predicted octanol–water partition coefficient (Wildman–Crippen LogP) is 15.0. The summed E-state index contributed by atoms with van der Waals surface area (Å²) in [6.45, 7) is 0. The van der Waals surface area contributed by atoms with Gasteiger partial charge in [0.1, 0.15) is 0 Å². The highest BCUT2D eigenvalue weighted by Gasteiger charge is 2.55. The molecule has 0 saturated heterocycles. The highest BCUT2D eigenvalue weighted by Crippen LogP contribution is 2.67. The normalized spacial score (nSPS) is 22.0. The number of benzene rings is 6. The van der Waals surface area contributed by atoms with Gasteiger partial charge >= 0.3 is 0 Å². The van der Waals surface area contributed by atoms with Gasteiger partial charge in [0, 0.05) is 17.0 Å². The lowest BCUT2D eigenvalue weighted by Gasteiger charge is -2.51. The Morgan fingerprint density at radius 2 is 0.651 bits per heavy atom. The van der Waals surface area contributed by atoms with Crippen molar-refractivity contribution in [2.45, 2.75) is 0 Å². The van der Waals surface area contributed by atoms with Crippen LogP contribution >= 0.6 is 0 Å². The molecule has 2 atom stereocenters. The van der Waals surface area contributed by atoms with Crippen molar-refractivity contribution in [3.8, 4) is 11.1 Å². The summed E-state index contributed by atoms with van der Waals surface area (Å²) >= 11 is 0. The Labute approximate surface area is 368 Å². The maximum Gasteiger partial charge on any atom is 0.0803 e. The van der Waals surface area contributed by atoms with E-state index in [1.807, 2.05) is 0 Å². The molecule has 6 aromatic carbocycles. The number of hydrogen-bond donors (Lipinski definition) is 0. The molecule has 0 fully saturated rings. The van der Waals surface area contributed by atoms with Crippen molar-refractivity contribution >= 4 is 52.3 Å². The molecular weight excluding hydrogens is 759 g/mol. The van der Waals surface area contributed by atoms with Gasteiger partial charge in [-0.3, -0.25) is 0 Å². The van der Waals surface area contributed by atoms with Crippen LogP contribution in [0.4, 0.5) is 5.69 Å². The predicted molar refractivity (Wildman–Crippen MR) is 263 cm³/mol. The molecule has 0 amide bonds. The van der Waals surface area contributed by atoms with Gasteiger partial charge in [-0.05, 0) is 137 Å². The number of nitrogens with zero attached hydrogens (tertiary/aromatic N) is 1. The van der Waals surface area contributed by atoms with E-state index in [0.717, 1.165) is 5.69 Å². The van der Waals surface area contributed by atoms with Crippen LogP contribution in [0.3, 0.4) is 0 Å². The number of hydrogen-bond acceptors (Lipinski definition) is 1. The van der Waals surface area contributed by atoms with Crippen molar-refractivity contribution in [3.05, 3.63) is 291 Å². The van der Waals surface area contributed by atoms with Crippen molar-refractivity contribution in [3.63, 3.8) is 0 Å². The first-order valence-corrected chi connectivity index (χ1v) is 22.1. The van der Waals surface area contributed by atoms with Crippen LogP contribution in [0.25, 0.3) is 57.7 Å². The molecule has 0 saturated carbocycles. The number of para-hydroxylation sites is 1. The molecule has 0 aromatic heterocycles. The van der Waals surface area contributed by atoms with E-state index in [1.165, 1.54) is 112 Å². The van der Waals surface area contributed by atoms with Gasteiger partial charge in [0.05, 0.1) is 16.5 Å². The fourth-order valence-electron chi connectivity index (χ4n) is 12.0. The molecule has 14 rings (SSSR count). The Hall–Kier alpha value is -8.00. The largest absolute Gasteiger partial charge is 0.314 e. The topological polar surface area (TPSA) is 3.24 Å². The summed E-state index contributed by atoms with van der Waals surface area (Å²) in [6, 6.07) is 55.7. The van der Waals surface area contributed by atoms with E-state index in [1.54, 1.807) is 0 Å². The monoisotopic (exact) mass is 797 g/mol. The molecule has 0 N–H and O–H groups in total. The zero-order valence-electron chi connectivity index (χ0n) is 34.5. The number of allylic oxidation sites excluding steroid dienone is 14. The Kier molecular flexibility index (Phi) is 7.03. The fourth-order valence-corrected chi connectivity index (χ4v) is 12.0. The highest BCUT2D eigenvalue weighted by molar-refractivity contribution is 6.09. The van der Waals surface area contributed by atoms with Crippen LogP contribution in [0.15, 0.2) is 246 Å². The lowest BCUT2D eigenvalue weighted by molar-refractivity contribution is 0.614. The van der Waals surface area contributed by atoms with E-state index in [4.69, 9.17) is 0 Å². The third kappa shape index (κ3) is 4.56. The third-order valence-corrected chi connectivity index (χ3v) is 14.6. The van der Waals surface area contributed by atoms with Gasteiger partial charge in [0.2, 0.25) is 0 Å². The maximum absolute atomic E-state index is 2.69. The second kappa shape index (κ2) is 12.8. The van der Waals surface area contributed by atoms with E-state index in [-0.39, 0.29) is 0 Å². The Morgan fingerprint density at radius 3 is 1.08 bits per heavy atom. The second-order valence-electron chi connectivity index (χ2n) is 17.6. The van der Waals surface area contributed by atoms with Crippen LogP contribution in [0.1, 0.15) is 44.5 Å². The minimum absolute atomic E-state index is 0.654. The lowest BCUT2D eigenvalue weighted by Crippen LogP contribution is -2.44. The molecule has 0 radical (unpaired) electrons. The third-order valence-electron chi connectivity index (χ3n) is 14.6. The number of anilines is 1. The summed E-state index contributed by atoms with van der Waals surface area (Å²) < 4.78 is 0. The van der Waals surface area contributed by atoms with Crippen molar-refractivity contribution < 1.29 is 0 Å². The van der Waals surface area contributed by atoms with Crippen molar-refractivity contribution in [1.82, 2.24) is 0 Å². The van der Waals surface area contributed by atoms with E-state index in [9.17, 15) is 0 Å². The van der Waals surface area contributed by atoms with Gasteiger partial charge in [0.25, 0.3) is 0 Å². The summed E-state index contributed by atoms with van der Waals surface area (Å²) in [7, 11) is 0. The SMILES string of the molecule is C1=CC2(C3=Cc4ccccc4C3=C1)C1=Cc3ccccc3C1=CC=C2N(C1=CC=C2C(=Cc3ccccc32)C12C=CC=C1C2=Cc2ccccc21)c1ccccc1-c1ccccc1. The lowest BCUT2D eigenvalue weighted by atomic mass is 9.60. The summed E-state index contributed by atoms with van der Waals surface area (Å²) in [4.78, 5) is 2.69. The Balaban J connectivity index is 1.10. The maximum atomic E-state index is 2.69. The molecule has 2 unspecified atom stereocenters. The van der Waals surface area contributed by atoms with Gasteiger partial charge in [-0.25, -0.2) is 0 Å². The van der Waals surface area contributed by atoms with Gasteiger partial charge in [0.15, 0.2) is 0 Å². The van der Waals surface area contributed by atoms with E-state index in [0.29, 0.717) is 0 Å². The Bertz CT molecular complexity index is 3250. The van der Waals surface area contributed by atoms with E-state index >= 15 is 0 Å². The number of rotatable bonds is 4. The van der Waals surface area contributed by atoms with E-state index in [2.05, 4.69) is 242 Å². The minimum Gasteiger partial charge on any atom is -0.314 e. The zero-order chi connectivity index (χ0) is 41.3. The smallest absolute Gasteiger partial charge is 0.0803 e. The van der Waals surface area contributed by atoms with Crippen LogP contribution in [0.5, 0.6) is 0 Å². The molecule has 8 aliphatic rings. The molecule has 63 heavy (non-hydrogen) atoms. The standard InChI is InChI=1S/C62H39N/c1-2-16-40(17-3-1)49-26-12-13-29-58(49)63(59-32-30-52-47-24-10-6-20-43(47)38-56(52)61(59)34-14-27-50-45-22-8-4-18-41(45)36-54(50)61)60-33-31-53-48-25-11-7-21-44(48)39-57(53)62(60)35-15-28-51-46-23-9-5-19-42(46)37-55(51)62/h1-39H. The Morgan fingerprint density at radius 1 is 0.302 bits per heavy atom. The molecule has 1 heteroatoms. The number of fused-ring (bicyclic) bond motifs is 16. The molecule has 2 spiro atoms. The van der Waals surface area contributed by atoms with Gasteiger partial charge in [-0.1, -0.05) is 194 Å². The van der Waals surface area contributed by atoms with Gasteiger partial charge in [-0.2, -0.15) is 0 Å². The molecule has 0 bridgehead atoms. The van der Waals surface area contributed by atoms with Crippen LogP contribution in [-0.2, 0) is 0 Å². The van der Waals surface area contributed by atoms with Crippen LogP contribution in [-0.4, -0.2) is 0 Å². The molecule has 1 nitrogen and oxygen atoms in total. The first kappa shape index (κ1) is 34.7. The van der Waals surface area contributed by atoms with Gasteiger partial charge < -0.3 is 4.90 Å². The van der Waals surface area contributed by atoms with E-state index < -0.39 is 10.8 Å². The molecule has 0 aliphatic heterocycles. The zero-order valence-corrected chi connectivity index (χ0v) is 34.5. The molecule has 0 heterocycles. The average Bonchev–Trinajstić information content (AvgIpc) is 4.13. The van der Waals surface area contributed by atoms with Crippen molar-refractivity contribution in [1.29, 1.82) is 0 Å². The highest BCUT2D eigenvalue weighted by atomic mass is 15.2. The van der Waals surface area contributed by atoms with Crippen molar-refractivity contribution in [2.24, 2.45) is 10.8 Å². The molecule has 292 valence electrons. The summed E-state index contributed by atoms with van der Waals surface area (Å²) in [5, 5.41) is 0. The van der Waals surface area contributed by atoms with Crippen LogP contribution < -0.4 is 4.90 Å². The van der Waals surface area contributed by atoms with Crippen LogP contribution in [0.2, 0.25) is 0 Å². The fraction of sp³-hybridized carbons (Fsp3) is 0.0323. The molecule has 8 aliphatic carbocycles. The van der Waals surface area contributed by atoms with Crippen molar-refractivity contribution in [2.75, 3.05) is 4.90 Å². The summed E-state index contributed by atoms with van der Waals surface area (Å²) in [5.74, 6) is 0. The second-order valence-corrected chi connectivity index (χ2v) is 17.6. The quantitative estimate of drug-likeness (QED) is 0.172. The average molecular weight is 798 g/mol. The first-order valence-electron chi connectivity index (χ1n) is 22.1. The molecular formula is C62H39N. The first-order chi connectivity index (χ1) is 31.2. The summed E-state index contributed by atoms with van der Waals surface area (Å²) in [6.07, 6.45) is 33.9. The minimum atomic E-state index is -0.654. The van der Waals surface area contributed by atoms with Crippen LogP contribution in [0, 0.1) is 10.8 Å².